The zero-order chi connectivity index (χ0) is 28.6. The fourth-order valence-electron chi connectivity index (χ4n) is 3.65. The van der Waals surface area contributed by atoms with Crippen LogP contribution in [-0.4, -0.2) is 86.8 Å². The summed E-state index contributed by atoms with van der Waals surface area (Å²) in [4.78, 5) is 22.6. The molecule has 0 spiro atoms. The molecule has 2 atom stereocenters. The highest BCUT2D eigenvalue weighted by Crippen LogP contribution is 2.26. The van der Waals surface area contributed by atoms with E-state index in [2.05, 4.69) is 35.2 Å². The molecule has 1 aromatic carbocycles. The molecule has 37 heavy (non-hydrogen) atoms. The molecule has 0 amide bonds. The predicted molar refractivity (Wildman–Crippen MR) is 117 cm³/mol. The molecular formula is C22H27F7N4O4. The zero-order valence-electron chi connectivity index (χ0n) is 20.1. The minimum atomic E-state index is -5.08. The fraction of sp³-hybridized carbons (Fsp3) is 0.500. The maximum atomic E-state index is 13.5. The van der Waals surface area contributed by atoms with E-state index >= 15 is 0 Å². The summed E-state index contributed by atoms with van der Waals surface area (Å²) in [5.41, 5.74) is 2.30. The van der Waals surface area contributed by atoms with Crippen molar-refractivity contribution >= 4 is 11.9 Å². The minimum Gasteiger partial charge on any atom is -0.475 e. The Hall–Kier alpha value is -3.20. The number of alkyl halides is 6. The SMILES string of the molecule is CN(C)[C@@H]1CCN(Cc2cccc(F)c2)[C@H]1Cc1cnn(C)c1.O=C(O)C(F)(F)F.O=C(O)C(F)(F)F. The Balaban J connectivity index is 0.000000404. The lowest BCUT2D eigenvalue weighted by Crippen LogP contribution is -2.43. The van der Waals surface area contributed by atoms with Crippen molar-refractivity contribution in [2.24, 2.45) is 7.05 Å². The van der Waals surface area contributed by atoms with Crippen molar-refractivity contribution in [2.45, 2.75) is 43.8 Å². The summed E-state index contributed by atoms with van der Waals surface area (Å²) in [6.07, 6.45) is -4.00. The second-order valence-electron chi connectivity index (χ2n) is 8.32. The second kappa shape index (κ2) is 13.4. The molecule has 208 valence electrons. The van der Waals surface area contributed by atoms with Crippen molar-refractivity contribution in [3.05, 3.63) is 53.6 Å². The highest BCUT2D eigenvalue weighted by Gasteiger charge is 2.39. The number of likely N-dealkylation sites (tertiary alicyclic amines) is 1. The van der Waals surface area contributed by atoms with E-state index in [1.165, 1.54) is 11.6 Å². The number of aromatic nitrogens is 2. The smallest absolute Gasteiger partial charge is 0.475 e. The number of hydrogen-bond acceptors (Lipinski definition) is 5. The molecule has 15 heteroatoms. The number of carboxylic acid groups (broad SMARTS) is 2. The van der Waals surface area contributed by atoms with Crippen LogP contribution >= 0.6 is 0 Å². The number of halogens is 7. The molecule has 0 bridgehead atoms. The first-order valence-corrected chi connectivity index (χ1v) is 10.6. The number of aryl methyl sites for hydroxylation is 1. The van der Waals surface area contributed by atoms with Crippen molar-refractivity contribution in [2.75, 3.05) is 20.6 Å². The number of benzene rings is 1. The first-order chi connectivity index (χ1) is 16.9. The average Bonchev–Trinajstić information content (AvgIpc) is 3.34. The number of nitrogens with zero attached hydrogens (tertiary/aromatic N) is 4. The van der Waals surface area contributed by atoms with E-state index in [0.717, 1.165) is 31.5 Å². The van der Waals surface area contributed by atoms with Crippen molar-refractivity contribution in [1.29, 1.82) is 0 Å². The fourth-order valence-corrected chi connectivity index (χ4v) is 3.65. The molecule has 1 fully saturated rings. The summed E-state index contributed by atoms with van der Waals surface area (Å²) in [7, 11) is 6.24. The molecule has 0 saturated carbocycles. The van der Waals surface area contributed by atoms with Crippen molar-refractivity contribution in [3.8, 4) is 0 Å². The van der Waals surface area contributed by atoms with Crippen molar-refractivity contribution in [3.63, 3.8) is 0 Å². The third-order valence-electron chi connectivity index (χ3n) is 5.25. The molecule has 2 N–H and O–H groups in total. The van der Waals surface area contributed by atoms with Gasteiger partial charge in [-0.15, -0.1) is 0 Å². The van der Waals surface area contributed by atoms with Gasteiger partial charge in [-0.1, -0.05) is 12.1 Å². The van der Waals surface area contributed by atoms with E-state index in [0.29, 0.717) is 12.1 Å². The topological polar surface area (TPSA) is 98.9 Å². The Morgan fingerprint density at radius 3 is 2.00 bits per heavy atom. The lowest BCUT2D eigenvalue weighted by atomic mass is 10.0. The highest BCUT2D eigenvalue weighted by molar-refractivity contribution is 5.73. The summed E-state index contributed by atoms with van der Waals surface area (Å²) in [5.74, 6) is -5.67. The monoisotopic (exact) mass is 544 g/mol. The molecule has 1 saturated heterocycles. The van der Waals surface area contributed by atoms with Crippen LogP contribution < -0.4 is 0 Å². The lowest BCUT2D eigenvalue weighted by molar-refractivity contribution is -0.193. The van der Waals surface area contributed by atoms with Crippen molar-refractivity contribution in [1.82, 2.24) is 19.6 Å². The van der Waals surface area contributed by atoms with Crippen LogP contribution in [0.5, 0.6) is 0 Å². The molecule has 1 aromatic heterocycles. The van der Waals surface area contributed by atoms with Crippen LogP contribution in [0.3, 0.4) is 0 Å². The Morgan fingerprint density at radius 1 is 1.05 bits per heavy atom. The highest BCUT2D eigenvalue weighted by atomic mass is 19.4. The molecule has 1 aliphatic heterocycles. The Bertz CT molecular complexity index is 1000. The van der Waals surface area contributed by atoms with Gasteiger partial charge in [0.1, 0.15) is 5.82 Å². The third-order valence-corrected chi connectivity index (χ3v) is 5.25. The quantitative estimate of drug-likeness (QED) is 0.556. The molecule has 1 aliphatic rings. The van der Waals surface area contributed by atoms with Gasteiger partial charge in [0.25, 0.3) is 0 Å². The standard InChI is InChI=1S/C18H25FN4.2C2HF3O2/c1-21(2)17-7-8-23(13-14-5-4-6-16(19)9-14)18(17)10-15-11-20-22(3)12-15;2*3-2(4,5)1(6)7/h4-6,9,11-12,17-18H,7-8,10,13H2,1-3H3;2*(H,6,7)/t17-,18+;;/m1../s1. The first-order valence-electron chi connectivity index (χ1n) is 10.6. The van der Waals surface area contributed by atoms with E-state index < -0.39 is 24.3 Å². The molecule has 3 rings (SSSR count). The van der Waals surface area contributed by atoms with Crippen LogP contribution in [0.1, 0.15) is 17.5 Å². The van der Waals surface area contributed by atoms with Gasteiger partial charge in [0.05, 0.1) is 6.20 Å². The van der Waals surface area contributed by atoms with Crippen molar-refractivity contribution < 1.29 is 50.5 Å². The lowest BCUT2D eigenvalue weighted by Gasteiger charge is -2.31. The van der Waals surface area contributed by atoms with Crippen LogP contribution in [0.15, 0.2) is 36.7 Å². The van der Waals surface area contributed by atoms with Gasteiger partial charge >= 0.3 is 24.3 Å². The number of hydrogen-bond donors (Lipinski definition) is 2. The predicted octanol–water partition coefficient (Wildman–Crippen LogP) is 3.57. The maximum absolute atomic E-state index is 13.5. The average molecular weight is 544 g/mol. The number of rotatable bonds is 5. The van der Waals surface area contributed by atoms with Gasteiger partial charge in [-0.2, -0.15) is 31.4 Å². The Kier molecular flexibility index (Phi) is 11.5. The van der Waals surface area contributed by atoms with E-state index in [1.54, 1.807) is 12.1 Å². The molecule has 2 heterocycles. The summed E-state index contributed by atoms with van der Waals surface area (Å²) >= 11 is 0. The Labute approximate surface area is 207 Å². The number of aliphatic carboxylic acids is 2. The van der Waals surface area contributed by atoms with E-state index in [9.17, 15) is 30.7 Å². The van der Waals surface area contributed by atoms with Crippen LogP contribution in [0.25, 0.3) is 0 Å². The molecule has 8 nitrogen and oxygen atoms in total. The van der Waals surface area contributed by atoms with Crippen LogP contribution in [-0.2, 0) is 29.6 Å². The first kappa shape index (κ1) is 31.8. The zero-order valence-corrected chi connectivity index (χ0v) is 20.1. The third kappa shape index (κ3) is 11.2. The van der Waals surface area contributed by atoms with E-state index in [1.807, 2.05) is 24.0 Å². The minimum absolute atomic E-state index is 0.158. The normalized spacial score (nSPS) is 18.0. The van der Waals surface area contributed by atoms with Gasteiger partial charge < -0.3 is 15.1 Å². The molecule has 2 aromatic rings. The molecule has 0 radical (unpaired) electrons. The van der Waals surface area contributed by atoms with Crippen LogP contribution in [0.4, 0.5) is 30.7 Å². The van der Waals surface area contributed by atoms with Gasteiger partial charge in [-0.05, 0) is 50.2 Å². The van der Waals surface area contributed by atoms with Gasteiger partial charge in [0, 0.05) is 38.4 Å². The van der Waals surface area contributed by atoms with Gasteiger partial charge in [0.2, 0.25) is 0 Å². The number of carbonyl (C=O) groups is 2. The van der Waals surface area contributed by atoms with E-state index in [4.69, 9.17) is 19.8 Å². The second-order valence-corrected chi connectivity index (χ2v) is 8.32. The number of likely N-dealkylation sites (N-methyl/N-ethyl adjacent to an activating group) is 1. The maximum Gasteiger partial charge on any atom is 0.490 e. The molecule has 0 aliphatic carbocycles. The van der Waals surface area contributed by atoms with Gasteiger partial charge in [0.15, 0.2) is 0 Å². The summed E-state index contributed by atoms with van der Waals surface area (Å²) < 4.78 is 78.8. The van der Waals surface area contributed by atoms with Gasteiger partial charge in [-0.3, -0.25) is 9.58 Å². The molecule has 0 unspecified atom stereocenters. The van der Waals surface area contributed by atoms with Crippen LogP contribution in [0, 0.1) is 5.82 Å². The van der Waals surface area contributed by atoms with Gasteiger partial charge in [-0.25, -0.2) is 14.0 Å². The summed E-state index contributed by atoms with van der Waals surface area (Å²) in [6.45, 7) is 1.84. The summed E-state index contributed by atoms with van der Waals surface area (Å²) in [5, 5.41) is 18.5. The number of carboxylic acids is 2. The Morgan fingerprint density at radius 2 is 1.59 bits per heavy atom. The largest absolute Gasteiger partial charge is 0.490 e. The molecular weight excluding hydrogens is 517 g/mol. The summed E-state index contributed by atoms with van der Waals surface area (Å²) in [6, 6.07) is 7.89. The van der Waals surface area contributed by atoms with E-state index in [-0.39, 0.29) is 5.82 Å². The van der Waals surface area contributed by atoms with Crippen LogP contribution in [0.2, 0.25) is 0 Å².